The Balaban J connectivity index is 1.46. The van der Waals surface area contributed by atoms with E-state index in [1.165, 1.54) is 7.11 Å². The molecule has 0 aliphatic heterocycles. The molecule has 0 spiro atoms. The maximum absolute atomic E-state index is 13.4. The highest BCUT2D eigenvalue weighted by molar-refractivity contribution is 6.33. The second-order valence-electron chi connectivity index (χ2n) is 9.59. The Morgan fingerprint density at radius 3 is 2.26 bits per heavy atom. The first-order chi connectivity index (χ1) is 18.5. The number of nitrogens with zero attached hydrogens (tertiary/aromatic N) is 3. The van der Waals surface area contributed by atoms with Crippen LogP contribution in [0.5, 0.6) is 0 Å². The molecule has 5 nitrogen and oxygen atoms in total. The van der Waals surface area contributed by atoms with E-state index in [9.17, 15) is 9.18 Å². The Morgan fingerprint density at radius 2 is 1.66 bits per heavy atom. The molecule has 3 aromatic carbocycles. The van der Waals surface area contributed by atoms with E-state index in [0.29, 0.717) is 35.7 Å². The molecule has 0 bridgehead atoms. The Hall–Kier alpha value is -3.90. The minimum atomic E-state index is -0.726. The van der Waals surface area contributed by atoms with Crippen molar-refractivity contribution in [3.63, 3.8) is 0 Å². The number of hydrogen-bond donors (Lipinski definition) is 0. The van der Waals surface area contributed by atoms with Gasteiger partial charge in [-0.15, -0.1) is 0 Å². The van der Waals surface area contributed by atoms with Crippen LogP contribution in [0.2, 0.25) is 5.02 Å². The molecule has 0 saturated heterocycles. The van der Waals surface area contributed by atoms with Gasteiger partial charge in [-0.3, -0.25) is 9.79 Å². The number of benzene rings is 3. The summed E-state index contributed by atoms with van der Waals surface area (Å²) in [6, 6.07) is 25.7. The van der Waals surface area contributed by atoms with Gasteiger partial charge in [0.1, 0.15) is 0 Å². The van der Waals surface area contributed by atoms with Crippen molar-refractivity contribution in [3.05, 3.63) is 119 Å². The van der Waals surface area contributed by atoms with Gasteiger partial charge in [-0.25, -0.2) is 14.4 Å². The molecule has 1 heterocycles. The lowest BCUT2D eigenvalue weighted by Crippen LogP contribution is -2.32. The smallest absolute Gasteiger partial charge is 0.312 e. The van der Waals surface area contributed by atoms with Crippen molar-refractivity contribution in [1.29, 1.82) is 0 Å². The fourth-order valence-electron chi connectivity index (χ4n) is 5.23. The molecule has 0 radical (unpaired) electrons. The fraction of sp³-hybridized carbons (Fsp3) is 0.226. The van der Waals surface area contributed by atoms with E-state index < -0.39 is 11.2 Å². The first-order valence-corrected chi connectivity index (χ1v) is 12.9. The molecule has 1 saturated carbocycles. The number of methoxy groups -OCH3 is 1. The standard InChI is InChI=1S/C31H27ClFN3O2/c1-38-30(37)31(17-21-12-13-27(32)26(16-21)29-34-19-24(33)20-35-29)15-14-25(18-31)36-28(22-8-4-2-5-9-22)23-10-6-3-7-11-23/h2-13,16,19-20,25H,14-15,17-18H2,1H3/t25-,31+/m0/s1. The van der Waals surface area contributed by atoms with Crippen LogP contribution < -0.4 is 0 Å². The number of hydrogen-bond acceptors (Lipinski definition) is 5. The van der Waals surface area contributed by atoms with E-state index in [4.69, 9.17) is 21.3 Å². The first-order valence-electron chi connectivity index (χ1n) is 12.5. The van der Waals surface area contributed by atoms with Crippen LogP contribution in [0, 0.1) is 11.2 Å². The summed E-state index contributed by atoms with van der Waals surface area (Å²) < 4.78 is 18.7. The Kier molecular flexibility index (Phi) is 7.61. The average Bonchev–Trinajstić information content (AvgIpc) is 3.37. The molecule has 4 aromatic rings. The molecule has 0 amide bonds. The van der Waals surface area contributed by atoms with Crippen LogP contribution in [0.4, 0.5) is 4.39 Å². The van der Waals surface area contributed by atoms with Gasteiger partial charge in [0.05, 0.1) is 41.7 Å². The molecular formula is C31H27ClFN3O2. The molecule has 38 heavy (non-hydrogen) atoms. The molecule has 1 aromatic heterocycles. The summed E-state index contributed by atoms with van der Waals surface area (Å²) in [5.74, 6) is -0.436. The first kappa shape index (κ1) is 25.7. The monoisotopic (exact) mass is 527 g/mol. The second-order valence-corrected chi connectivity index (χ2v) is 10.0. The van der Waals surface area contributed by atoms with Gasteiger partial charge in [0, 0.05) is 16.7 Å². The van der Waals surface area contributed by atoms with Gasteiger partial charge in [-0.05, 0) is 43.4 Å². The van der Waals surface area contributed by atoms with Crippen LogP contribution in [0.15, 0.2) is 96.2 Å². The van der Waals surface area contributed by atoms with Gasteiger partial charge in [0.2, 0.25) is 0 Å². The highest BCUT2D eigenvalue weighted by Crippen LogP contribution is 2.44. The maximum Gasteiger partial charge on any atom is 0.312 e. The normalized spacial score (nSPS) is 18.7. The summed E-state index contributed by atoms with van der Waals surface area (Å²) in [5, 5.41) is 0.455. The zero-order chi connectivity index (χ0) is 26.5. The minimum Gasteiger partial charge on any atom is -0.469 e. The molecular weight excluding hydrogens is 501 g/mol. The summed E-state index contributed by atoms with van der Waals surface area (Å²) in [7, 11) is 1.43. The third-order valence-corrected chi connectivity index (χ3v) is 7.37. The molecule has 7 heteroatoms. The summed E-state index contributed by atoms with van der Waals surface area (Å²) in [6.45, 7) is 0. The molecule has 1 aliphatic carbocycles. The van der Waals surface area contributed by atoms with Crippen molar-refractivity contribution in [1.82, 2.24) is 9.97 Å². The highest BCUT2D eigenvalue weighted by Gasteiger charge is 2.46. The zero-order valence-corrected chi connectivity index (χ0v) is 21.7. The van der Waals surface area contributed by atoms with E-state index >= 15 is 0 Å². The van der Waals surface area contributed by atoms with Crippen molar-refractivity contribution < 1.29 is 13.9 Å². The lowest BCUT2D eigenvalue weighted by atomic mass is 9.79. The lowest BCUT2D eigenvalue weighted by Gasteiger charge is -2.26. The summed E-state index contributed by atoms with van der Waals surface area (Å²) >= 11 is 6.43. The Bertz CT molecular complexity index is 1400. The average molecular weight is 528 g/mol. The Morgan fingerprint density at radius 1 is 1.03 bits per heavy atom. The summed E-state index contributed by atoms with van der Waals surface area (Å²) in [6.07, 6.45) is 4.65. The number of esters is 1. The topological polar surface area (TPSA) is 64.4 Å². The van der Waals surface area contributed by atoms with Crippen LogP contribution in [0.25, 0.3) is 11.4 Å². The number of carbonyl (C=O) groups is 1. The van der Waals surface area contributed by atoms with E-state index in [-0.39, 0.29) is 12.0 Å². The number of halogens is 2. The van der Waals surface area contributed by atoms with Crippen LogP contribution in [0.1, 0.15) is 36.0 Å². The Labute approximate surface area is 226 Å². The molecule has 1 aliphatic rings. The van der Waals surface area contributed by atoms with Gasteiger partial charge in [-0.2, -0.15) is 0 Å². The third kappa shape index (κ3) is 5.50. The quantitative estimate of drug-likeness (QED) is 0.197. The highest BCUT2D eigenvalue weighted by atomic mass is 35.5. The van der Waals surface area contributed by atoms with Gasteiger partial charge < -0.3 is 4.74 Å². The van der Waals surface area contributed by atoms with Gasteiger partial charge in [-0.1, -0.05) is 78.3 Å². The number of ether oxygens (including phenoxy) is 1. The molecule has 5 rings (SSSR count). The van der Waals surface area contributed by atoms with Gasteiger partial charge >= 0.3 is 5.97 Å². The largest absolute Gasteiger partial charge is 0.469 e. The summed E-state index contributed by atoms with van der Waals surface area (Å²) in [5.41, 5.74) is 3.76. The van der Waals surface area contributed by atoms with Crippen LogP contribution in [-0.4, -0.2) is 34.8 Å². The SMILES string of the molecule is COC(=O)[C@@]1(Cc2ccc(Cl)c(-c3ncc(F)cn3)c2)CC[C@H](N=C(c2ccccc2)c2ccccc2)C1. The van der Waals surface area contributed by atoms with E-state index in [1.54, 1.807) is 6.07 Å². The number of carbonyl (C=O) groups excluding carboxylic acids is 1. The second kappa shape index (κ2) is 11.2. The maximum atomic E-state index is 13.4. The molecule has 2 atom stereocenters. The molecule has 1 fully saturated rings. The van der Waals surface area contributed by atoms with Crippen LogP contribution >= 0.6 is 11.6 Å². The van der Waals surface area contributed by atoms with Crippen molar-refractivity contribution in [3.8, 4) is 11.4 Å². The van der Waals surface area contributed by atoms with E-state index in [1.807, 2.05) is 48.5 Å². The molecule has 192 valence electrons. The number of aromatic nitrogens is 2. The van der Waals surface area contributed by atoms with Crippen molar-refractivity contribution in [2.75, 3.05) is 7.11 Å². The van der Waals surface area contributed by atoms with Crippen molar-refractivity contribution in [2.24, 2.45) is 10.4 Å². The number of aliphatic imine (C=N–C) groups is 1. The lowest BCUT2D eigenvalue weighted by molar-refractivity contribution is -0.152. The van der Waals surface area contributed by atoms with Gasteiger partial charge in [0.25, 0.3) is 0 Å². The third-order valence-electron chi connectivity index (χ3n) is 7.04. The number of rotatable bonds is 7. The van der Waals surface area contributed by atoms with E-state index in [0.717, 1.165) is 41.2 Å². The van der Waals surface area contributed by atoms with Crippen LogP contribution in [-0.2, 0) is 16.0 Å². The zero-order valence-electron chi connectivity index (χ0n) is 21.0. The fourth-order valence-corrected chi connectivity index (χ4v) is 5.43. The van der Waals surface area contributed by atoms with Gasteiger partial charge in [0.15, 0.2) is 11.6 Å². The van der Waals surface area contributed by atoms with Crippen molar-refractivity contribution >= 4 is 23.3 Å². The summed E-state index contributed by atoms with van der Waals surface area (Å²) in [4.78, 5) is 26.5. The van der Waals surface area contributed by atoms with Crippen molar-refractivity contribution in [2.45, 2.75) is 31.7 Å². The van der Waals surface area contributed by atoms with Crippen LogP contribution in [0.3, 0.4) is 0 Å². The predicted octanol–water partition coefficient (Wildman–Crippen LogP) is 6.73. The predicted molar refractivity (Wildman–Crippen MR) is 147 cm³/mol. The molecule has 0 unspecified atom stereocenters. The minimum absolute atomic E-state index is 0.0447. The molecule has 0 N–H and O–H groups in total. The van der Waals surface area contributed by atoms with E-state index in [2.05, 4.69) is 34.2 Å².